The topological polar surface area (TPSA) is 69.4 Å². The molecule has 0 unspecified atom stereocenters. The van der Waals surface area contributed by atoms with E-state index in [1.54, 1.807) is 31.2 Å². The Labute approximate surface area is 94.4 Å². The molecule has 0 aliphatic heterocycles. The van der Waals surface area contributed by atoms with Crippen molar-refractivity contribution in [3.8, 4) is 0 Å². The molecule has 86 valence electrons. The summed E-state index contributed by atoms with van der Waals surface area (Å²) in [4.78, 5) is 22.5. The predicted molar refractivity (Wildman–Crippen MR) is 60.8 cm³/mol. The van der Waals surface area contributed by atoms with Crippen LogP contribution in [0.15, 0.2) is 24.3 Å². The van der Waals surface area contributed by atoms with Crippen LogP contribution in [-0.2, 0) is 20.7 Å². The number of benzene rings is 1. The Kier molecular flexibility index (Phi) is 4.51. The molecule has 4 nitrogen and oxygen atoms in total. The van der Waals surface area contributed by atoms with E-state index in [0.29, 0.717) is 12.3 Å². The first-order valence-electron chi connectivity index (χ1n) is 5.13. The van der Waals surface area contributed by atoms with Crippen molar-refractivity contribution in [1.82, 2.24) is 0 Å². The average molecular weight is 221 g/mol. The van der Waals surface area contributed by atoms with Gasteiger partial charge in [0.15, 0.2) is 0 Å². The van der Waals surface area contributed by atoms with Crippen molar-refractivity contribution in [3.05, 3.63) is 29.8 Å². The van der Waals surface area contributed by atoms with Crippen LogP contribution in [0, 0.1) is 0 Å². The summed E-state index contributed by atoms with van der Waals surface area (Å²) in [7, 11) is 0. The SMILES string of the molecule is CCOC(=O)CC(=O)Cc1ccc(N)cc1. The Morgan fingerprint density at radius 3 is 2.44 bits per heavy atom. The van der Waals surface area contributed by atoms with Crippen molar-refractivity contribution in [2.75, 3.05) is 12.3 Å². The molecular weight excluding hydrogens is 206 g/mol. The summed E-state index contributed by atoms with van der Waals surface area (Å²) in [5.41, 5.74) is 7.02. The van der Waals surface area contributed by atoms with Gasteiger partial charge in [-0.1, -0.05) is 12.1 Å². The fourth-order valence-corrected chi connectivity index (χ4v) is 1.30. The molecule has 0 atom stereocenters. The number of carbonyl (C=O) groups is 2. The third kappa shape index (κ3) is 4.13. The van der Waals surface area contributed by atoms with Crippen LogP contribution in [0.5, 0.6) is 0 Å². The van der Waals surface area contributed by atoms with Gasteiger partial charge >= 0.3 is 5.97 Å². The number of ether oxygens (including phenoxy) is 1. The maximum Gasteiger partial charge on any atom is 0.313 e. The lowest BCUT2D eigenvalue weighted by molar-refractivity contribution is -0.145. The van der Waals surface area contributed by atoms with Crippen LogP contribution >= 0.6 is 0 Å². The molecule has 1 rings (SSSR count). The van der Waals surface area contributed by atoms with Gasteiger partial charge in [-0.15, -0.1) is 0 Å². The van der Waals surface area contributed by atoms with E-state index in [0.717, 1.165) is 5.56 Å². The molecule has 0 amide bonds. The summed E-state index contributed by atoms with van der Waals surface area (Å²) in [5.74, 6) is -0.619. The summed E-state index contributed by atoms with van der Waals surface area (Å²) < 4.78 is 4.69. The quantitative estimate of drug-likeness (QED) is 0.462. The zero-order valence-corrected chi connectivity index (χ0v) is 9.23. The summed E-state index contributed by atoms with van der Waals surface area (Å²) >= 11 is 0. The standard InChI is InChI=1S/C12H15NO3/c1-2-16-12(15)8-11(14)7-9-3-5-10(13)6-4-9/h3-6H,2,7-8,13H2,1H3. The molecule has 1 aromatic rings. The number of carbonyl (C=O) groups excluding carboxylic acids is 2. The van der Waals surface area contributed by atoms with Gasteiger partial charge in [0.2, 0.25) is 0 Å². The van der Waals surface area contributed by atoms with Crippen LogP contribution < -0.4 is 5.73 Å². The highest BCUT2D eigenvalue weighted by atomic mass is 16.5. The number of rotatable bonds is 5. The van der Waals surface area contributed by atoms with Crippen LogP contribution in [0.1, 0.15) is 18.9 Å². The number of ketones is 1. The van der Waals surface area contributed by atoms with Crippen molar-refractivity contribution >= 4 is 17.4 Å². The van der Waals surface area contributed by atoms with Crippen LogP contribution in [0.4, 0.5) is 5.69 Å². The minimum Gasteiger partial charge on any atom is -0.466 e. The largest absolute Gasteiger partial charge is 0.466 e. The van der Waals surface area contributed by atoms with E-state index in [-0.39, 0.29) is 18.6 Å². The van der Waals surface area contributed by atoms with Crippen molar-refractivity contribution in [3.63, 3.8) is 0 Å². The number of esters is 1. The molecule has 0 spiro atoms. The second-order valence-electron chi connectivity index (χ2n) is 3.44. The summed E-state index contributed by atoms with van der Waals surface area (Å²) in [6, 6.07) is 7.01. The number of nitrogens with two attached hydrogens (primary N) is 1. The van der Waals surface area contributed by atoms with E-state index < -0.39 is 5.97 Å². The molecular formula is C12H15NO3. The Hall–Kier alpha value is -1.84. The van der Waals surface area contributed by atoms with E-state index in [2.05, 4.69) is 4.74 Å². The third-order valence-electron chi connectivity index (χ3n) is 2.03. The summed E-state index contributed by atoms with van der Waals surface area (Å²) in [6.07, 6.45) is 0.0668. The van der Waals surface area contributed by atoms with E-state index in [1.807, 2.05) is 0 Å². The number of hydrogen-bond donors (Lipinski definition) is 1. The van der Waals surface area contributed by atoms with Gasteiger partial charge in [0.05, 0.1) is 6.61 Å². The van der Waals surface area contributed by atoms with Gasteiger partial charge in [-0.25, -0.2) is 0 Å². The molecule has 0 aliphatic carbocycles. The van der Waals surface area contributed by atoms with E-state index in [1.165, 1.54) is 0 Å². The summed E-state index contributed by atoms with van der Waals surface area (Å²) in [5, 5.41) is 0. The van der Waals surface area contributed by atoms with E-state index in [9.17, 15) is 9.59 Å². The first-order chi connectivity index (χ1) is 7.61. The molecule has 16 heavy (non-hydrogen) atoms. The Bertz CT molecular complexity index is 370. The first kappa shape index (κ1) is 12.2. The number of nitrogen functional groups attached to an aromatic ring is 1. The zero-order chi connectivity index (χ0) is 12.0. The highest BCUT2D eigenvalue weighted by Crippen LogP contribution is 2.07. The molecule has 0 saturated carbocycles. The lowest BCUT2D eigenvalue weighted by Gasteiger charge is -2.02. The fourth-order valence-electron chi connectivity index (χ4n) is 1.30. The monoisotopic (exact) mass is 221 g/mol. The first-order valence-corrected chi connectivity index (χ1v) is 5.13. The molecule has 0 bridgehead atoms. The number of Topliss-reactive ketones (excluding diaryl/α,β-unsaturated/α-hetero) is 1. The minimum absolute atomic E-state index is 0.150. The molecule has 0 fully saturated rings. The van der Waals surface area contributed by atoms with Crippen molar-refractivity contribution < 1.29 is 14.3 Å². The van der Waals surface area contributed by atoms with Gasteiger partial charge in [-0.3, -0.25) is 9.59 Å². The number of anilines is 1. The molecule has 0 heterocycles. The third-order valence-corrected chi connectivity index (χ3v) is 2.03. The lowest BCUT2D eigenvalue weighted by Crippen LogP contribution is -2.12. The second kappa shape index (κ2) is 5.90. The Morgan fingerprint density at radius 1 is 1.25 bits per heavy atom. The highest BCUT2D eigenvalue weighted by molar-refractivity contribution is 5.96. The van der Waals surface area contributed by atoms with Crippen molar-refractivity contribution in [1.29, 1.82) is 0 Å². The fraction of sp³-hybridized carbons (Fsp3) is 0.333. The molecule has 4 heteroatoms. The van der Waals surface area contributed by atoms with E-state index >= 15 is 0 Å². The van der Waals surface area contributed by atoms with Crippen molar-refractivity contribution in [2.45, 2.75) is 19.8 Å². The second-order valence-corrected chi connectivity index (χ2v) is 3.44. The van der Waals surface area contributed by atoms with Crippen LogP contribution in [-0.4, -0.2) is 18.4 Å². The number of hydrogen-bond acceptors (Lipinski definition) is 4. The highest BCUT2D eigenvalue weighted by Gasteiger charge is 2.10. The maximum absolute atomic E-state index is 11.5. The molecule has 0 aromatic heterocycles. The molecule has 0 saturated heterocycles. The van der Waals surface area contributed by atoms with Crippen molar-refractivity contribution in [2.24, 2.45) is 0 Å². The van der Waals surface area contributed by atoms with Crippen LogP contribution in [0.25, 0.3) is 0 Å². The summed E-state index contributed by atoms with van der Waals surface area (Å²) in [6.45, 7) is 2.01. The van der Waals surface area contributed by atoms with Gasteiger partial charge in [-0.05, 0) is 24.6 Å². The van der Waals surface area contributed by atoms with Gasteiger partial charge in [0, 0.05) is 12.1 Å². The van der Waals surface area contributed by atoms with Gasteiger partial charge < -0.3 is 10.5 Å². The zero-order valence-electron chi connectivity index (χ0n) is 9.23. The molecule has 0 radical (unpaired) electrons. The lowest BCUT2D eigenvalue weighted by atomic mass is 10.1. The normalized spacial score (nSPS) is 9.81. The molecule has 0 aliphatic rings. The average Bonchev–Trinajstić information content (AvgIpc) is 2.21. The molecule has 2 N–H and O–H groups in total. The smallest absolute Gasteiger partial charge is 0.313 e. The van der Waals surface area contributed by atoms with Gasteiger partial charge in [0.1, 0.15) is 12.2 Å². The predicted octanol–water partition coefficient (Wildman–Crippen LogP) is 1.33. The Balaban J connectivity index is 2.45. The van der Waals surface area contributed by atoms with Crippen LogP contribution in [0.3, 0.4) is 0 Å². The van der Waals surface area contributed by atoms with E-state index in [4.69, 9.17) is 5.73 Å². The molecule has 1 aromatic carbocycles. The van der Waals surface area contributed by atoms with Gasteiger partial charge in [0.25, 0.3) is 0 Å². The maximum atomic E-state index is 11.5. The van der Waals surface area contributed by atoms with Crippen LogP contribution in [0.2, 0.25) is 0 Å². The van der Waals surface area contributed by atoms with Gasteiger partial charge in [-0.2, -0.15) is 0 Å². The minimum atomic E-state index is -0.469. The Morgan fingerprint density at radius 2 is 1.88 bits per heavy atom.